The second-order valence-corrected chi connectivity index (χ2v) is 15.0. The molecule has 0 unspecified atom stereocenters. The van der Waals surface area contributed by atoms with Crippen molar-refractivity contribution in [2.24, 2.45) is 12.0 Å². The molecule has 0 radical (unpaired) electrons. The van der Waals surface area contributed by atoms with Crippen molar-refractivity contribution in [3.8, 4) is 34.5 Å². The van der Waals surface area contributed by atoms with E-state index in [1.165, 1.54) is 45.8 Å². The highest BCUT2D eigenvalue weighted by Crippen LogP contribution is 2.36. The lowest BCUT2D eigenvalue weighted by molar-refractivity contribution is 0.0950. The summed E-state index contributed by atoms with van der Waals surface area (Å²) in [6.07, 6.45) is 3.02. The number of halogens is 4. The fraction of sp³-hybridized carbons (Fsp3) is 0.136. The minimum Gasteiger partial charge on any atom is -0.492 e. The second-order valence-electron chi connectivity index (χ2n) is 13.0. The van der Waals surface area contributed by atoms with E-state index in [9.17, 15) is 18.4 Å². The number of imidazole rings is 1. The Hall–Kier alpha value is -7.19. The third-order valence-electron chi connectivity index (χ3n) is 8.82. The minimum atomic E-state index is -0.493. The molecule has 6 N–H and O–H groups in total. The molecule has 0 aliphatic rings. The van der Waals surface area contributed by atoms with Crippen LogP contribution in [0.25, 0.3) is 11.0 Å². The summed E-state index contributed by atoms with van der Waals surface area (Å²) in [6.45, 7) is 0. The van der Waals surface area contributed by atoms with Gasteiger partial charge in [-0.1, -0.05) is 31.9 Å². The smallest absolute Gasteiger partial charge is 0.269 e. The number of amides is 2. The molecule has 16 nitrogen and oxygen atoms in total. The molecule has 0 aliphatic carbocycles. The fourth-order valence-electron chi connectivity index (χ4n) is 5.78. The maximum Gasteiger partial charge on any atom is 0.269 e. The summed E-state index contributed by atoms with van der Waals surface area (Å²) < 4.78 is 51.9. The third kappa shape index (κ3) is 12.7. The van der Waals surface area contributed by atoms with E-state index in [-0.39, 0.29) is 29.0 Å². The number of hydrogen-bond acceptors (Lipinski definition) is 14. The van der Waals surface area contributed by atoms with Crippen molar-refractivity contribution in [2.75, 3.05) is 51.7 Å². The molecule has 2 amide bonds. The number of pyridine rings is 2. The average molecular weight is 1030 g/mol. The van der Waals surface area contributed by atoms with Crippen molar-refractivity contribution < 1.29 is 37.3 Å². The summed E-state index contributed by atoms with van der Waals surface area (Å²) in [4.78, 5) is 39.6. The molecule has 0 saturated carbocycles. The van der Waals surface area contributed by atoms with Crippen LogP contribution in [0.15, 0.2) is 111 Å². The summed E-state index contributed by atoms with van der Waals surface area (Å²) in [6, 6.07) is 23.2. The summed E-state index contributed by atoms with van der Waals surface area (Å²) >= 11 is 10.8. The number of hydrogen-bond donors (Lipinski definition) is 5. The van der Waals surface area contributed by atoms with E-state index in [1.54, 1.807) is 74.8 Å². The van der Waals surface area contributed by atoms with Gasteiger partial charge in [0, 0.05) is 73.8 Å². The highest BCUT2D eigenvalue weighted by molar-refractivity contribution is 9.10. The van der Waals surface area contributed by atoms with Crippen LogP contribution < -0.4 is 45.9 Å². The average Bonchev–Trinajstić information content (AvgIpc) is 3.59. The highest BCUT2D eigenvalue weighted by atomic mass is 79.9. The van der Waals surface area contributed by atoms with Crippen molar-refractivity contribution in [2.45, 2.75) is 0 Å². The van der Waals surface area contributed by atoms with Crippen molar-refractivity contribution >= 4 is 101 Å². The van der Waals surface area contributed by atoms with Gasteiger partial charge in [0.15, 0.2) is 23.1 Å². The number of nitrogen functional groups attached to an aromatic ring is 1. The molecular formula is C44H40Br2F2N10O6S. The number of nitrogens with two attached hydrogens (primary N) is 1. The first-order valence-electron chi connectivity index (χ1n) is 18.9. The van der Waals surface area contributed by atoms with Gasteiger partial charge in [-0.05, 0) is 72.9 Å². The van der Waals surface area contributed by atoms with Gasteiger partial charge in [-0.2, -0.15) is 4.99 Å². The molecule has 4 aromatic carbocycles. The number of rotatable bonds is 12. The predicted octanol–water partition coefficient (Wildman–Crippen LogP) is 9.96. The monoisotopic (exact) mass is 1030 g/mol. The third-order valence-corrected chi connectivity index (χ3v) is 9.82. The first-order valence-corrected chi connectivity index (χ1v) is 20.9. The van der Waals surface area contributed by atoms with E-state index in [2.05, 4.69) is 90.5 Å². The van der Waals surface area contributed by atoms with Gasteiger partial charge in [-0.15, -0.1) is 0 Å². The number of methoxy groups -OCH3 is 2. The number of benzene rings is 4. The van der Waals surface area contributed by atoms with E-state index < -0.39 is 11.6 Å². The number of ether oxygens (including phenoxy) is 4. The van der Waals surface area contributed by atoms with Crippen LogP contribution in [0.5, 0.6) is 34.5 Å². The van der Waals surface area contributed by atoms with Gasteiger partial charge < -0.3 is 50.5 Å². The lowest BCUT2D eigenvalue weighted by Crippen LogP contribution is -2.18. The number of aryl methyl sites for hydroxylation is 1. The van der Waals surface area contributed by atoms with Crippen LogP contribution >= 0.6 is 44.1 Å². The van der Waals surface area contributed by atoms with Gasteiger partial charge in [-0.25, -0.2) is 13.8 Å². The molecule has 21 heteroatoms. The van der Waals surface area contributed by atoms with Crippen LogP contribution in [0.3, 0.4) is 0 Å². The molecule has 0 bridgehead atoms. The van der Waals surface area contributed by atoms with Gasteiger partial charge in [0.2, 0.25) is 5.95 Å². The van der Waals surface area contributed by atoms with Crippen LogP contribution in [-0.4, -0.2) is 71.9 Å². The molecule has 0 saturated heterocycles. The van der Waals surface area contributed by atoms with E-state index in [0.29, 0.717) is 66.2 Å². The van der Waals surface area contributed by atoms with Gasteiger partial charge in [0.1, 0.15) is 40.1 Å². The molecule has 0 spiro atoms. The summed E-state index contributed by atoms with van der Waals surface area (Å²) in [5, 5.41) is 13.3. The van der Waals surface area contributed by atoms with Crippen LogP contribution in [0, 0.1) is 11.6 Å². The number of carbonyl (C=O) groups excluding carboxylic acids is 2. The Labute approximate surface area is 393 Å². The quantitative estimate of drug-likeness (QED) is 0.0440. The van der Waals surface area contributed by atoms with Crippen molar-refractivity contribution in [1.29, 1.82) is 0 Å². The summed E-state index contributed by atoms with van der Waals surface area (Å²) in [5.74, 6) is 1.25. The lowest BCUT2D eigenvalue weighted by Gasteiger charge is -2.12. The Morgan fingerprint density at radius 2 is 1.28 bits per heavy atom. The number of thiocarbonyl (C=S) groups is 1. The van der Waals surface area contributed by atoms with Crippen molar-refractivity contribution in [1.82, 2.24) is 30.2 Å². The van der Waals surface area contributed by atoms with Gasteiger partial charge >= 0.3 is 0 Å². The predicted molar refractivity (Wildman–Crippen MR) is 256 cm³/mol. The molecule has 0 atom stereocenters. The van der Waals surface area contributed by atoms with E-state index in [0.717, 1.165) is 11.2 Å². The van der Waals surface area contributed by atoms with E-state index in [4.69, 9.17) is 24.7 Å². The number of aromatic nitrogens is 4. The standard InChI is InChI=1S/C22H19BrFN5O3.C14H16N4O2.C8H5BrFNOS/c1-25-21(30)18-11-14(6-7-26-18)32-13-4-5-19-16(10-13)27-22(29(19)2)28-17-9-12(23)8-15(24)20(17)31-3;1-16-12-4-3-9(7-11(12)15)20-10-5-6-18-13(8-10)14(19)17-2;1-12-8-6(10)2-5(9)3-7(8)11-4-13/h4-11H,1-3H3,(H,25,30)(H,27,28);3-8,16H,15H2,1-2H3,(H,17,19);2-3H,1H3. The second kappa shape index (κ2) is 22.9. The van der Waals surface area contributed by atoms with Gasteiger partial charge in [-0.3, -0.25) is 19.6 Å². The normalized spacial score (nSPS) is 10.2. The molecule has 7 rings (SSSR count). The molecule has 0 fully saturated rings. The maximum atomic E-state index is 14.2. The zero-order chi connectivity index (χ0) is 47.2. The number of carbonyl (C=O) groups is 2. The molecule has 3 aromatic heterocycles. The molecular weight excluding hydrogens is 994 g/mol. The topological polar surface area (TPSA) is 201 Å². The van der Waals surface area contributed by atoms with Crippen LogP contribution in [0.4, 0.5) is 37.5 Å². The maximum absolute atomic E-state index is 14.2. The number of nitrogens with zero attached hydrogens (tertiary/aromatic N) is 5. The molecule has 336 valence electrons. The van der Waals surface area contributed by atoms with Gasteiger partial charge in [0.25, 0.3) is 11.8 Å². The lowest BCUT2D eigenvalue weighted by atomic mass is 10.2. The van der Waals surface area contributed by atoms with E-state index >= 15 is 0 Å². The highest BCUT2D eigenvalue weighted by Gasteiger charge is 2.16. The van der Waals surface area contributed by atoms with E-state index in [1.807, 2.05) is 23.7 Å². The summed E-state index contributed by atoms with van der Waals surface area (Å²) in [5.41, 5.74) is 10.1. The molecule has 65 heavy (non-hydrogen) atoms. The van der Waals surface area contributed by atoms with Gasteiger partial charge in [0.05, 0.1) is 47.5 Å². The number of anilines is 4. The zero-order valence-electron chi connectivity index (χ0n) is 35.4. The Kier molecular flexibility index (Phi) is 17.2. The van der Waals surface area contributed by atoms with Crippen LogP contribution in [0.1, 0.15) is 21.0 Å². The Morgan fingerprint density at radius 1 is 0.738 bits per heavy atom. The Bertz CT molecular complexity index is 2900. The molecule has 3 heterocycles. The van der Waals surface area contributed by atoms with Crippen molar-refractivity contribution in [3.63, 3.8) is 0 Å². The fourth-order valence-corrected chi connectivity index (χ4v) is 6.72. The molecule has 0 aliphatic heterocycles. The largest absolute Gasteiger partial charge is 0.492 e. The number of isothiocyanates is 1. The number of aliphatic imine (C=N–C) groups is 1. The number of fused-ring (bicyclic) bond motifs is 1. The molecule has 7 aromatic rings. The summed E-state index contributed by atoms with van der Waals surface area (Å²) in [7, 11) is 9.51. The first kappa shape index (κ1) is 48.8. The van der Waals surface area contributed by atoms with Crippen LogP contribution in [0.2, 0.25) is 0 Å². The van der Waals surface area contributed by atoms with Crippen molar-refractivity contribution in [3.05, 3.63) is 129 Å². The zero-order valence-corrected chi connectivity index (χ0v) is 39.4. The SMILES string of the molecule is CNC(=O)c1cc(Oc2ccc(NC)c(N)c2)ccn1.CNC(=O)c1cc(Oc2ccc3c(c2)nc(Nc2cc(Br)cc(F)c2OC)n3C)ccn1.COc1c(F)cc(Br)cc1N=C=S. The Balaban J connectivity index is 0.000000204. The van der Waals surface area contributed by atoms with Crippen LogP contribution in [-0.2, 0) is 7.05 Å². The Morgan fingerprint density at radius 3 is 1.82 bits per heavy atom. The first-order chi connectivity index (χ1) is 31.2. The minimum absolute atomic E-state index is 0.0700. The number of nitrogens with one attached hydrogen (secondary N) is 4.